The third kappa shape index (κ3) is 6.05. The molecule has 1 aromatic rings. The highest BCUT2D eigenvalue weighted by Crippen LogP contribution is 2.20. The number of nitrogens with zero attached hydrogens (tertiary/aromatic N) is 1. The minimum absolute atomic E-state index is 0.270. The zero-order valence-electron chi connectivity index (χ0n) is 15.3. The van der Waals surface area contributed by atoms with Gasteiger partial charge in [-0.1, -0.05) is 30.3 Å². The molecule has 6 nitrogen and oxygen atoms in total. The van der Waals surface area contributed by atoms with Crippen LogP contribution in [0.4, 0.5) is 4.79 Å². The van der Waals surface area contributed by atoms with E-state index in [4.69, 9.17) is 10.5 Å². The summed E-state index contributed by atoms with van der Waals surface area (Å²) in [6.45, 7) is 7.56. The van der Waals surface area contributed by atoms with Gasteiger partial charge in [0.05, 0.1) is 0 Å². The number of amides is 2. The summed E-state index contributed by atoms with van der Waals surface area (Å²) >= 11 is 0. The highest BCUT2D eigenvalue weighted by atomic mass is 16.6. The Balaban J connectivity index is 1.91. The summed E-state index contributed by atoms with van der Waals surface area (Å²) in [7, 11) is 0. The van der Waals surface area contributed by atoms with Crippen LogP contribution in [0.25, 0.3) is 0 Å². The quantitative estimate of drug-likeness (QED) is 0.857. The van der Waals surface area contributed by atoms with Gasteiger partial charge >= 0.3 is 6.09 Å². The van der Waals surface area contributed by atoms with Gasteiger partial charge in [0, 0.05) is 19.6 Å². The molecule has 1 aliphatic heterocycles. The van der Waals surface area contributed by atoms with Crippen LogP contribution in [-0.4, -0.2) is 42.1 Å². The maximum atomic E-state index is 12.2. The summed E-state index contributed by atoms with van der Waals surface area (Å²) in [6.07, 6.45) is 1.66. The minimum atomic E-state index is -0.516. The van der Waals surface area contributed by atoms with Crippen LogP contribution in [0.1, 0.15) is 45.2 Å². The summed E-state index contributed by atoms with van der Waals surface area (Å²) < 4.78 is 5.45. The van der Waals surface area contributed by atoms with Gasteiger partial charge in [-0.25, -0.2) is 4.79 Å². The molecule has 1 saturated heterocycles. The lowest BCUT2D eigenvalue weighted by molar-refractivity contribution is -0.120. The Labute approximate surface area is 149 Å². The highest BCUT2D eigenvalue weighted by molar-refractivity contribution is 5.81. The second kappa shape index (κ2) is 8.34. The van der Waals surface area contributed by atoms with Gasteiger partial charge in [0.15, 0.2) is 0 Å². The number of nitrogens with two attached hydrogens (primary N) is 1. The molecule has 1 heterocycles. The molecular formula is C19H29N3O3. The first-order chi connectivity index (χ1) is 11.8. The lowest BCUT2D eigenvalue weighted by Gasteiger charge is -2.34. The first-order valence-corrected chi connectivity index (χ1v) is 8.82. The molecule has 3 N–H and O–H groups in total. The first kappa shape index (κ1) is 19.2. The third-order valence-electron chi connectivity index (χ3n) is 4.20. The zero-order chi connectivity index (χ0) is 18.4. The largest absolute Gasteiger partial charge is 0.444 e. The second-order valence-electron chi connectivity index (χ2n) is 7.59. The van der Waals surface area contributed by atoms with Crippen LogP contribution >= 0.6 is 0 Å². The van der Waals surface area contributed by atoms with Crippen molar-refractivity contribution in [3.63, 3.8) is 0 Å². The summed E-state index contributed by atoms with van der Waals surface area (Å²) in [6, 6.07) is 8.93. The molecule has 0 saturated carbocycles. The van der Waals surface area contributed by atoms with Gasteiger partial charge in [-0.15, -0.1) is 0 Å². The molecule has 0 spiro atoms. The number of carbonyl (C=O) groups is 2. The number of nitrogens with one attached hydrogen (secondary N) is 1. The Hall–Kier alpha value is -2.08. The summed E-state index contributed by atoms with van der Waals surface area (Å²) in [4.78, 5) is 25.8. The van der Waals surface area contributed by atoms with Crippen LogP contribution in [0.15, 0.2) is 30.3 Å². The Bertz CT molecular complexity index is 583. The van der Waals surface area contributed by atoms with E-state index in [1.165, 1.54) is 0 Å². The molecule has 25 heavy (non-hydrogen) atoms. The van der Waals surface area contributed by atoms with Crippen molar-refractivity contribution in [1.82, 2.24) is 10.2 Å². The smallest absolute Gasteiger partial charge is 0.410 e. The molecule has 6 heteroatoms. The van der Waals surface area contributed by atoms with Crippen LogP contribution in [-0.2, 0) is 9.53 Å². The Kier molecular flexibility index (Phi) is 6.42. The van der Waals surface area contributed by atoms with Crippen molar-refractivity contribution in [2.75, 3.05) is 19.6 Å². The monoisotopic (exact) mass is 347 g/mol. The summed E-state index contributed by atoms with van der Waals surface area (Å²) in [5, 5.41) is 3.26. The van der Waals surface area contributed by atoms with E-state index < -0.39 is 17.6 Å². The highest BCUT2D eigenvalue weighted by Gasteiger charge is 2.28. The Morgan fingerprint density at radius 1 is 1.32 bits per heavy atom. The zero-order valence-corrected chi connectivity index (χ0v) is 15.3. The number of hydrogen-bond donors (Lipinski definition) is 2. The van der Waals surface area contributed by atoms with Gasteiger partial charge in [0.2, 0.25) is 5.91 Å². The van der Waals surface area contributed by atoms with E-state index in [-0.39, 0.29) is 12.0 Å². The first-order valence-electron chi connectivity index (χ1n) is 8.82. The molecule has 0 bridgehead atoms. The van der Waals surface area contributed by atoms with Crippen LogP contribution in [0.3, 0.4) is 0 Å². The van der Waals surface area contributed by atoms with Crippen molar-refractivity contribution in [1.29, 1.82) is 0 Å². The van der Waals surface area contributed by atoms with Crippen LogP contribution in [0.2, 0.25) is 0 Å². The minimum Gasteiger partial charge on any atom is -0.444 e. The molecule has 1 fully saturated rings. The molecule has 2 atom stereocenters. The molecule has 0 aliphatic carbocycles. The molecule has 1 aliphatic rings. The van der Waals surface area contributed by atoms with Crippen molar-refractivity contribution in [3.8, 4) is 0 Å². The van der Waals surface area contributed by atoms with Gasteiger partial charge in [-0.2, -0.15) is 0 Å². The van der Waals surface area contributed by atoms with E-state index in [9.17, 15) is 9.59 Å². The van der Waals surface area contributed by atoms with Crippen molar-refractivity contribution >= 4 is 12.0 Å². The maximum absolute atomic E-state index is 12.2. The topological polar surface area (TPSA) is 84.7 Å². The van der Waals surface area contributed by atoms with Crippen LogP contribution < -0.4 is 11.1 Å². The molecule has 2 amide bonds. The second-order valence-corrected chi connectivity index (χ2v) is 7.59. The van der Waals surface area contributed by atoms with Crippen molar-refractivity contribution in [3.05, 3.63) is 35.9 Å². The van der Waals surface area contributed by atoms with E-state index in [2.05, 4.69) is 5.32 Å². The number of primary amides is 1. The van der Waals surface area contributed by atoms with E-state index >= 15 is 0 Å². The number of hydrogen-bond acceptors (Lipinski definition) is 4. The average molecular weight is 347 g/mol. The van der Waals surface area contributed by atoms with Gasteiger partial charge in [-0.05, 0) is 45.1 Å². The van der Waals surface area contributed by atoms with E-state index in [1.807, 2.05) is 51.1 Å². The summed E-state index contributed by atoms with van der Waals surface area (Å²) in [5.74, 6) is -0.127. The SMILES string of the molecule is CC(C)(C)OC(=O)N1CCCC(CNC(C(N)=O)c2ccccc2)C1. The number of rotatable bonds is 5. The Morgan fingerprint density at radius 3 is 2.60 bits per heavy atom. The molecule has 0 aromatic heterocycles. The van der Waals surface area contributed by atoms with Crippen LogP contribution in [0.5, 0.6) is 0 Å². The number of benzene rings is 1. The fourth-order valence-electron chi connectivity index (χ4n) is 3.04. The summed E-state index contributed by atoms with van der Waals surface area (Å²) in [5.41, 5.74) is 5.91. The predicted octanol–water partition coefficient (Wildman–Crippen LogP) is 2.45. The van der Waals surface area contributed by atoms with Gasteiger partial charge in [0.1, 0.15) is 11.6 Å². The molecule has 138 valence electrons. The molecule has 1 aromatic carbocycles. The van der Waals surface area contributed by atoms with Gasteiger partial charge < -0.3 is 20.7 Å². The molecule has 2 rings (SSSR count). The maximum Gasteiger partial charge on any atom is 0.410 e. The fourth-order valence-corrected chi connectivity index (χ4v) is 3.04. The lowest BCUT2D eigenvalue weighted by atomic mass is 9.97. The number of piperidine rings is 1. The van der Waals surface area contributed by atoms with Crippen LogP contribution in [0, 0.1) is 5.92 Å². The van der Waals surface area contributed by atoms with Crippen molar-refractivity contribution < 1.29 is 14.3 Å². The lowest BCUT2D eigenvalue weighted by Crippen LogP contribution is -2.46. The predicted molar refractivity (Wildman–Crippen MR) is 96.9 cm³/mol. The van der Waals surface area contributed by atoms with Crippen molar-refractivity contribution in [2.45, 2.75) is 45.3 Å². The molecule has 2 unspecified atom stereocenters. The third-order valence-corrected chi connectivity index (χ3v) is 4.20. The normalized spacial score (nSPS) is 19.3. The standard InChI is InChI=1S/C19H29N3O3/c1-19(2,3)25-18(24)22-11-7-8-14(13-22)12-21-16(17(20)23)15-9-5-4-6-10-15/h4-6,9-10,14,16,21H,7-8,11-13H2,1-3H3,(H2,20,23). The average Bonchev–Trinajstić information content (AvgIpc) is 2.54. The van der Waals surface area contributed by atoms with Crippen molar-refractivity contribution in [2.24, 2.45) is 11.7 Å². The van der Waals surface area contributed by atoms with Gasteiger partial charge in [0.25, 0.3) is 0 Å². The number of likely N-dealkylation sites (tertiary alicyclic amines) is 1. The fraction of sp³-hybridized carbons (Fsp3) is 0.579. The molecular weight excluding hydrogens is 318 g/mol. The van der Waals surface area contributed by atoms with E-state index in [0.717, 1.165) is 18.4 Å². The number of ether oxygens (including phenoxy) is 1. The van der Waals surface area contributed by atoms with E-state index in [1.54, 1.807) is 4.90 Å². The van der Waals surface area contributed by atoms with Gasteiger partial charge in [-0.3, -0.25) is 4.79 Å². The molecule has 0 radical (unpaired) electrons. The Morgan fingerprint density at radius 2 is 2.00 bits per heavy atom. The van der Waals surface area contributed by atoms with E-state index in [0.29, 0.717) is 19.6 Å². The number of carbonyl (C=O) groups excluding carboxylic acids is 2.